The minimum atomic E-state index is -0.00485. The summed E-state index contributed by atoms with van der Waals surface area (Å²) in [6, 6.07) is 9.75. The molecule has 6 heteroatoms. The van der Waals surface area contributed by atoms with Gasteiger partial charge in [-0.25, -0.2) is 0 Å². The lowest BCUT2D eigenvalue weighted by atomic mass is 10.1. The van der Waals surface area contributed by atoms with Gasteiger partial charge in [0.15, 0.2) is 11.5 Å². The highest BCUT2D eigenvalue weighted by molar-refractivity contribution is 5.75. The molecule has 6 nitrogen and oxygen atoms in total. The van der Waals surface area contributed by atoms with Gasteiger partial charge in [-0.2, -0.15) is 0 Å². The molecule has 0 aliphatic carbocycles. The first kappa shape index (κ1) is 17.4. The third kappa shape index (κ3) is 5.00. The molecule has 1 aromatic carbocycles. The highest BCUT2D eigenvalue weighted by Gasteiger charge is 2.13. The Morgan fingerprint density at radius 1 is 1.20 bits per heavy atom. The molecule has 0 fully saturated rings. The number of rotatable bonds is 7. The summed E-state index contributed by atoms with van der Waals surface area (Å²) in [6.45, 7) is 4.45. The molecule has 1 unspecified atom stereocenters. The van der Waals surface area contributed by atoms with Crippen LogP contribution in [-0.2, 0) is 11.3 Å². The number of amides is 1. The number of fused-ring (bicyclic) bond motifs is 1. The van der Waals surface area contributed by atoms with E-state index in [1.54, 1.807) is 12.3 Å². The van der Waals surface area contributed by atoms with E-state index in [2.05, 4.69) is 17.6 Å². The zero-order valence-corrected chi connectivity index (χ0v) is 14.4. The smallest absolute Gasteiger partial charge is 0.221 e. The Morgan fingerprint density at radius 3 is 2.84 bits per heavy atom. The van der Waals surface area contributed by atoms with Crippen LogP contribution in [0.15, 0.2) is 41.0 Å². The van der Waals surface area contributed by atoms with E-state index in [0.717, 1.165) is 29.2 Å². The molecule has 134 valence electrons. The fraction of sp³-hybridized carbons (Fsp3) is 0.421. The summed E-state index contributed by atoms with van der Waals surface area (Å²) < 4.78 is 16.6. The fourth-order valence-corrected chi connectivity index (χ4v) is 2.66. The van der Waals surface area contributed by atoms with Crippen LogP contribution in [0.4, 0.5) is 0 Å². The maximum absolute atomic E-state index is 11.9. The molecule has 0 saturated carbocycles. The summed E-state index contributed by atoms with van der Waals surface area (Å²) in [5.41, 5.74) is 1.11. The van der Waals surface area contributed by atoms with Crippen molar-refractivity contribution in [1.82, 2.24) is 10.6 Å². The van der Waals surface area contributed by atoms with Gasteiger partial charge in [-0.1, -0.05) is 6.07 Å². The predicted octanol–water partition coefficient (Wildman–Crippen LogP) is 2.80. The summed E-state index contributed by atoms with van der Waals surface area (Å²) in [6.07, 6.45) is 2.90. The monoisotopic (exact) mass is 344 g/mol. The lowest BCUT2D eigenvalue weighted by Gasteiger charge is -2.16. The molecule has 1 amide bonds. The molecule has 1 aliphatic rings. The average molecular weight is 344 g/mol. The molecule has 1 atom stereocenters. The van der Waals surface area contributed by atoms with E-state index in [0.29, 0.717) is 32.7 Å². The van der Waals surface area contributed by atoms with Crippen LogP contribution in [-0.4, -0.2) is 25.7 Å². The normalized spacial score (nSPS) is 14.6. The Balaban J connectivity index is 1.43. The molecule has 0 radical (unpaired) electrons. The molecular formula is C19H24N2O4. The molecule has 1 aliphatic heterocycles. The first-order valence-corrected chi connectivity index (χ1v) is 8.64. The lowest BCUT2D eigenvalue weighted by molar-refractivity contribution is -0.121. The number of carbonyl (C=O) groups excluding carboxylic acids is 1. The minimum Gasteiger partial charge on any atom is -0.490 e. The van der Waals surface area contributed by atoms with Crippen molar-refractivity contribution < 1.29 is 18.7 Å². The number of carbonyl (C=O) groups is 1. The second kappa shape index (κ2) is 8.58. The number of furan rings is 1. The first-order chi connectivity index (χ1) is 12.2. The summed E-state index contributed by atoms with van der Waals surface area (Å²) in [4.78, 5) is 11.9. The molecule has 0 saturated heterocycles. The van der Waals surface area contributed by atoms with E-state index in [9.17, 15) is 4.79 Å². The van der Waals surface area contributed by atoms with Crippen LogP contribution in [0.5, 0.6) is 11.5 Å². The van der Waals surface area contributed by atoms with Crippen molar-refractivity contribution in [3.8, 4) is 11.5 Å². The zero-order chi connectivity index (χ0) is 17.5. The van der Waals surface area contributed by atoms with Gasteiger partial charge >= 0.3 is 0 Å². The van der Waals surface area contributed by atoms with Crippen molar-refractivity contribution >= 4 is 5.91 Å². The SMILES string of the molecule is CC(NCCC(=O)NCc1ccco1)c1ccc2c(c1)OCCCO2. The summed E-state index contributed by atoms with van der Waals surface area (Å²) in [5, 5.41) is 6.20. The Kier molecular flexibility index (Phi) is 5.95. The van der Waals surface area contributed by atoms with Gasteiger partial charge in [0.25, 0.3) is 0 Å². The predicted molar refractivity (Wildman–Crippen MR) is 93.6 cm³/mol. The Morgan fingerprint density at radius 2 is 2.04 bits per heavy atom. The van der Waals surface area contributed by atoms with Crippen LogP contribution in [0, 0.1) is 0 Å². The third-order valence-corrected chi connectivity index (χ3v) is 4.11. The van der Waals surface area contributed by atoms with Crippen LogP contribution < -0.4 is 20.1 Å². The first-order valence-electron chi connectivity index (χ1n) is 8.64. The number of hydrogen-bond acceptors (Lipinski definition) is 5. The quantitative estimate of drug-likeness (QED) is 0.808. The minimum absolute atomic E-state index is 0.00485. The number of benzene rings is 1. The molecule has 2 N–H and O–H groups in total. The standard InChI is InChI=1S/C19H24N2O4/c1-14(15-5-6-17-18(12-15)25-11-3-10-24-17)20-8-7-19(22)21-13-16-4-2-9-23-16/h2,4-6,9,12,14,20H,3,7-8,10-11,13H2,1H3,(H,21,22). The van der Waals surface area contributed by atoms with Crippen molar-refractivity contribution in [1.29, 1.82) is 0 Å². The third-order valence-electron chi connectivity index (χ3n) is 4.11. The van der Waals surface area contributed by atoms with Gasteiger partial charge in [0, 0.05) is 25.4 Å². The van der Waals surface area contributed by atoms with E-state index >= 15 is 0 Å². The molecule has 25 heavy (non-hydrogen) atoms. The van der Waals surface area contributed by atoms with Crippen molar-refractivity contribution in [2.75, 3.05) is 19.8 Å². The van der Waals surface area contributed by atoms with E-state index in [1.165, 1.54) is 0 Å². The molecule has 0 spiro atoms. The second-order valence-electron chi connectivity index (χ2n) is 6.04. The van der Waals surface area contributed by atoms with Crippen molar-refractivity contribution in [3.63, 3.8) is 0 Å². The van der Waals surface area contributed by atoms with Crippen molar-refractivity contribution in [2.24, 2.45) is 0 Å². The van der Waals surface area contributed by atoms with Crippen LogP contribution >= 0.6 is 0 Å². The lowest BCUT2D eigenvalue weighted by Crippen LogP contribution is -2.28. The van der Waals surface area contributed by atoms with Gasteiger partial charge in [0.05, 0.1) is 26.0 Å². The Hall–Kier alpha value is -2.47. The maximum atomic E-state index is 11.9. The largest absolute Gasteiger partial charge is 0.490 e. The maximum Gasteiger partial charge on any atom is 0.221 e. The topological polar surface area (TPSA) is 72.7 Å². The van der Waals surface area contributed by atoms with Gasteiger partial charge in [-0.3, -0.25) is 4.79 Å². The summed E-state index contributed by atoms with van der Waals surface area (Å²) >= 11 is 0. The van der Waals surface area contributed by atoms with E-state index in [-0.39, 0.29) is 11.9 Å². The molecule has 2 heterocycles. The molecule has 0 bridgehead atoms. The number of nitrogens with one attached hydrogen (secondary N) is 2. The molecule has 1 aromatic heterocycles. The molecule has 2 aromatic rings. The van der Waals surface area contributed by atoms with E-state index in [4.69, 9.17) is 13.9 Å². The van der Waals surface area contributed by atoms with E-state index < -0.39 is 0 Å². The van der Waals surface area contributed by atoms with Gasteiger partial charge in [-0.15, -0.1) is 0 Å². The van der Waals surface area contributed by atoms with Gasteiger partial charge in [-0.05, 0) is 36.8 Å². The molecular weight excluding hydrogens is 320 g/mol. The van der Waals surface area contributed by atoms with Crippen molar-refractivity contribution in [3.05, 3.63) is 47.9 Å². The summed E-state index contributed by atoms with van der Waals surface area (Å²) in [7, 11) is 0. The molecule has 3 rings (SSSR count). The van der Waals surface area contributed by atoms with E-state index in [1.807, 2.05) is 24.3 Å². The zero-order valence-electron chi connectivity index (χ0n) is 14.4. The number of ether oxygens (including phenoxy) is 2. The van der Waals surface area contributed by atoms with Crippen LogP contribution in [0.25, 0.3) is 0 Å². The second-order valence-corrected chi connectivity index (χ2v) is 6.04. The Labute approximate surface area is 147 Å². The van der Waals surface area contributed by atoms with Crippen molar-refractivity contribution in [2.45, 2.75) is 32.4 Å². The average Bonchev–Trinajstić information content (AvgIpc) is 3.03. The van der Waals surface area contributed by atoms with Gasteiger partial charge in [0.2, 0.25) is 5.91 Å². The van der Waals surface area contributed by atoms with Crippen LogP contribution in [0.1, 0.15) is 37.1 Å². The van der Waals surface area contributed by atoms with Gasteiger partial charge < -0.3 is 24.5 Å². The fourth-order valence-electron chi connectivity index (χ4n) is 2.66. The highest BCUT2D eigenvalue weighted by Crippen LogP contribution is 2.32. The Bertz CT molecular complexity index is 685. The van der Waals surface area contributed by atoms with Gasteiger partial charge in [0.1, 0.15) is 5.76 Å². The highest BCUT2D eigenvalue weighted by atomic mass is 16.5. The summed E-state index contributed by atoms with van der Waals surface area (Å²) in [5.74, 6) is 2.34. The van der Waals surface area contributed by atoms with Crippen LogP contribution in [0.3, 0.4) is 0 Å². The number of hydrogen-bond donors (Lipinski definition) is 2. The van der Waals surface area contributed by atoms with Crippen LogP contribution in [0.2, 0.25) is 0 Å².